The van der Waals surface area contributed by atoms with Crippen molar-refractivity contribution in [3.05, 3.63) is 52.3 Å². The van der Waals surface area contributed by atoms with Gasteiger partial charge in [0.05, 0.1) is 11.6 Å². The summed E-state index contributed by atoms with van der Waals surface area (Å²) in [4.78, 5) is 0. The lowest BCUT2D eigenvalue weighted by Gasteiger charge is -2.11. The number of hydrogen-bond donors (Lipinski definition) is 1. The normalized spacial score (nSPS) is 10.7. The largest absolute Gasteiger partial charge is 0.496 e. The van der Waals surface area contributed by atoms with E-state index in [2.05, 4.69) is 63.2 Å². The molecule has 0 bridgehead atoms. The number of nitrogens with zero attached hydrogens (tertiary/aromatic N) is 1. The van der Waals surface area contributed by atoms with E-state index in [1.165, 1.54) is 11.3 Å². The smallest absolute Gasteiger partial charge is 0.133 e. The highest BCUT2D eigenvalue weighted by Gasteiger charge is 2.04. The summed E-state index contributed by atoms with van der Waals surface area (Å²) in [7, 11) is 1.68. The van der Waals surface area contributed by atoms with Crippen LogP contribution in [0.1, 0.15) is 18.2 Å². The Morgan fingerprint density at radius 3 is 2.84 bits per heavy atom. The Balaban J connectivity index is 2.12. The standard InChI is InChI=1S/C15H19BrN2O/c1-3-17-10-13-5-4-8-18(13)11-12-6-7-15(19-2)14(16)9-12/h4-9,17H,3,10-11H2,1-2H3. The van der Waals surface area contributed by atoms with Gasteiger partial charge in [-0.2, -0.15) is 0 Å². The monoisotopic (exact) mass is 322 g/mol. The molecule has 102 valence electrons. The average molecular weight is 323 g/mol. The van der Waals surface area contributed by atoms with E-state index in [4.69, 9.17) is 4.74 Å². The lowest BCUT2D eigenvalue weighted by atomic mass is 10.2. The van der Waals surface area contributed by atoms with E-state index in [1.807, 2.05) is 6.07 Å². The van der Waals surface area contributed by atoms with Crippen LogP contribution in [0.5, 0.6) is 5.75 Å². The van der Waals surface area contributed by atoms with Crippen LogP contribution in [-0.4, -0.2) is 18.2 Å². The van der Waals surface area contributed by atoms with Gasteiger partial charge in [0, 0.05) is 25.0 Å². The summed E-state index contributed by atoms with van der Waals surface area (Å²) in [6.07, 6.45) is 2.12. The molecule has 1 aromatic heterocycles. The first-order valence-electron chi connectivity index (χ1n) is 6.41. The van der Waals surface area contributed by atoms with Crippen LogP contribution in [-0.2, 0) is 13.1 Å². The maximum absolute atomic E-state index is 5.25. The molecule has 0 aliphatic heterocycles. The van der Waals surface area contributed by atoms with Gasteiger partial charge in [-0.15, -0.1) is 0 Å². The molecular formula is C15H19BrN2O. The Hall–Kier alpha value is -1.26. The van der Waals surface area contributed by atoms with Crippen molar-refractivity contribution < 1.29 is 4.74 Å². The lowest BCUT2D eigenvalue weighted by molar-refractivity contribution is 0.412. The predicted octanol–water partition coefficient (Wildman–Crippen LogP) is 3.42. The number of benzene rings is 1. The van der Waals surface area contributed by atoms with Crippen molar-refractivity contribution >= 4 is 15.9 Å². The molecule has 0 saturated heterocycles. The van der Waals surface area contributed by atoms with Crippen molar-refractivity contribution in [3.63, 3.8) is 0 Å². The molecule has 0 saturated carbocycles. The molecule has 0 aliphatic carbocycles. The third kappa shape index (κ3) is 3.61. The molecule has 0 unspecified atom stereocenters. The fourth-order valence-electron chi connectivity index (χ4n) is 2.02. The molecule has 1 heterocycles. The fourth-order valence-corrected chi connectivity index (χ4v) is 2.61. The van der Waals surface area contributed by atoms with E-state index >= 15 is 0 Å². The summed E-state index contributed by atoms with van der Waals surface area (Å²) in [5.74, 6) is 0.865. The predicted molar refractivity (Wildman–Crippen MR) is 81.6 cm³/mol. The van der Waals surface area contributed by atoms with Crippen molar-refractivity contribution in [1.29, 1.82) is 0 Å². The molecule has 19 heavy (non-hydrogen) atoms. The number of rotatable bonds is 6. The Bertz CT molecular complexity index is 537. The molecule has 0 atom stereocenters. The van der Waals surface area contributed by atoms with Crippen molar-refractivity contribution in [2.45, 2.75) is 20.0 Å². The van der Waals surface area contributed by atoms with Crippen molar-refractivity contribution in [3.8, 4) is 5.75 Å². The molecule has 2 aromatic rings. The van der Waals surface area contributed by atoms with Crippen LogP contribution in [0.15, 0.2) is 41.0 Å². The number of ether oxygens (including phenoxy) is 1. The molecule has 3 nitrogen and oxygen atoms in total. The van der Waals surface area contributed by atoms with Crippen LogP contribution in [0.2, 0.25) is 0 Å². The number of halogens is 1. The minimum Gasteiger partial charge on any atom is -0.496 e. The number of nitrogens with one attached hydrogen (secondary N) is 1. The van der Waals surface area contributed by atoms with E-state index in [9.17, 15) is 0 Å². The van der Waals surface area contributed by atoms with Crippen molar-refractivity contribution in [1.82, 2.24) is 9.88 Å². The first-order chi connectivity index (χ1) is 9.24. The summed E-state index contributed by atoms with van der Waals surface area (Å²) >= 11 is 3.53. The summed E-state index contributed by atoms with van der Waals surface area (Å²) in [5, 5.41) is 3.36. The highest BCUT2D eigenvalue weighted by Crippen LogP contribution is 2.26. The minimum atomic E-state index is 0.865. The molecule has 0 spiro atoms. The van der Waals surface area contributed by atoms with Gasteiger partial charge in [-0.25, -0.2) is 0 Å². The Morgan fingerprint density at radius 1 is 1.32 bits per heavy atom. The number of hydrogen-bond acceptors (Lipinski definition) is 2. The quantitative estimate of drug-likeness (QED) is 0.882. The maximum Gasteiger partial charge on any atom is 0.133 e. The topological polar surface area (TPSA) is 26.2 Å². The summed E-state index contributed by atoms with van der Waals surface area (Å²) in [6.45, 7) is 4.88. The molecule has 0 fully saturated rings. The van der Waals surface area contributed by atoms with Gasteiger partial charge in [0.2, 0.25) is 0 Å². The van der Waals surface area contributed by atoms with Gasteiger partial charge >= 0.3 is 0 Å². The lowest BCUT2D eigenvalue weighted by Crippen LogP contribution is -2.15. The van der Waals surface area contributed by atoms with Gasteiger partial charge in [0.1, 0.15) is 5.75 Å². The first-order valence-corrected chi connectivity index (χ1v) is 7.21. The summed E-state index contributed by atoms with van der Waals surface area (Å²) in [5.41, 5.74) is 2.55. The van der Waals surface area contributed by atoms with E-state index in [1.54, 1.807) is 7.11 Å². The van der Waals surface area contributed by atoms with Crippen LogP contribution in [0, 0.1) is 0 Å². The summed E-state index contributed by atoms with van der Waals surface area (Å²) < 4.78 is 8.50. The van der Waals surface area contributed by atoms with Gasteiger partial charge in [0.25, 0.3) is 0 Å². The molecule has 1 N–H and O–H groups in total. The highest BCUT2D eigenvalue weighted by atomic mass is 79.9. The van der Waals surface area contributed by atoms with Crippen LogP contribution in [0.4, 0.5) is 0 Å². The molecule has 0 radical (unpaired) electrons. The van der Waals surface area contributed by atoms with Gasteiger partial charge in [-0.05, 0) is 52.3 Å². The second-order valence-corrected chi connectivity index (χ2v) is 5.23. The second-order valence-electron chi connectivity index (χ2n) is 4.38. The van der Waals surface area contributed by atoms with Crippen molar-refractivity contribution in [2.75, 3.05) is 13.7 Å². The first kappa shape index (κ1) is 14.2. The van der Waals surface area contributed by atoms with Gasteiger partial charge in [0.15, 0.2) is 0 Å². The van der Waals surface area contributed by atoms with Crippen molar-refractivity contribution in [2.24, 2.45) is 0 Å². The molecule has 2 rings (SSSR count). The molecule has 4 heteroatoms. The zero-order valence-electron chi connectivity index (χ0n) is 11.3. The highest BCUT2D eigenvalue weighted by molar-refractivity contribution is 9.10. The van der Waals surface area contributed by atoms with E-state index in [-0.39, 0.29) is 0 Å². The van der Waals surface area contributed by atoms with E-state index in [0.717, 1.165) is 29.9 Å². The SMILES string of the molecule is CCNCc1cccn1Cc1ccc(OC)c(Br)c1. The summed E-state index contributed by atoms with van der Waals surface area (Å²) in [6, 6.07) is 10.4. The minimum absolute atomic E-state index is 0.865. The Kier molecular flexibility index (Phi) is 5.05. The van der Waals surface area contributed by atoms with Crippen LogP contribution < -0.4 is 10.1 Å². The van der Waals surface area contributed by atoms with Gasteiger partial charge in [-0.3, -0.25) is 0 Å². The molecular weight excluding hydrogens is 304 g/mol. The molecule has 0 aliphatic rings. The van der Waals surface area contributed by atoms with Gasteiger partial charge in [-0.1, -0.05) is 13.0 Å². The van der Waals surface area contributed by atoms with Crippen LogP contribution >= 0.6 is 15.9 Å². The zero-order valence-corrected chi connectivity index (χ0v) is 12.9. The Labute approximate surface area is 122 Å². The van der Waals surface area contributed by atoms with Crippen LogP contribution in [0.25, 0.3) is 0 Å². The van der Waals surface area contributed by atoms with E-state index in [0.29, 0.717) is 0 Å². The third-order valence-electron chi connectivity index (χ3n) is 3.05. The number of methoxy groups -OCH3 is 1. The fraction of sp³-hybridized carbons (Fsp3) is 0.333. The second kappa shape index (κ2) is 6.78. The average Bonchev–Trinajstić information content (AvgIpc) is 2.84. The molecule has 1 aromatic carbocycles. The maximum atomic E-state index is 5.25. The molecule has 0 amide bonds. The van der Waals surface area contributed by atoms with Gasteiger partial charge < -0.3 is 14.6 Å². The van der Waals surface area contributed by atoms with Crippen LogP contribution in [0.3, 0.4) is 0 Å². The number of aromatic nitrogens is 1. The van der Waals surface area contributed by atoms with E-state index < -0.39 is 0 Å². The third-order valence-corrected chi connectivity index (χ3v) is 3.67. The Morgan fingerprint density at radius 2 is 2.16 bits per heavy atom. The zero-order chi connectivity index (χ0) is 13.7.